The first-order valence-corrected chi connectivity index (χ1v) is 16.9. The number of rotatable bonds is 5. The van der Waals surface area contributed by atoms with Crippen molar-refractivity contribution >= 4 is 6.08 Å². The molecule has 0 amide bonds. The maximum absolute atomic E-state index is 12.9. The maximum atomic E-state index is 12.9. The van der Waals surface area contributed by atoms with Crippen LogP contribution in [0.1, 0.15) is 100 Å². The molecule has 3 heteroatoms. The van der Waals surface area contributed by atoms with E-state index in [0.717, 1.165) is 12.5 Å². The topological polar surface area (TPSA) is 26.0 Å². The van der Waals surface area contributed by atoms with E-state index in [1.807, 2.05) is 40.7 Å². The van der Waals surface area contributed by atoms with Crippen molar-refractivity contribution in [1.82, 2.24) is 0 Å². The summed E-state index contributed by atoms with van der Waals surface area (Å²) in [5, 5.41) is 0. The van der Waals surface area contributed by atoms with Gasteiger partial charge in [-0.05, 0) is 92.1 Å². The van der Waals surface area contributed by atoms with Crippen molar-refractivity contribution in [3.8, 4) is 11.1 Å². The van der Waals surface area contributed by atoms with Crippen LogP contribution in [0.3, 0.4) is 0 Å². The molecule has 0 bridgehead atoms. The van der Waals surface area contributed by atoms with Crippen molar-refractivity contribution in [1.29, 1.82) is 0 Å². The van der Waals surface area contributed by atoms with Gasteiger partial charge in [-0.2, -0.15) is 0 Å². The number of halogens is 2. The molecule has 4 rings (SSSR count). The van der Waals surface area contributed by atoms with Crippen molar-refractivity contribution in [2.75, 3.05) is 0 Å². The van der Waals surface area contributed by atoms with Gasteiger partial charge in [0, 0.05) is 12.5 Å². The van der Waals surface area contributed by atoms with Crippen LogP contribution in [0.5, 0.6) is 0 Å². The van der Waals surface area contributed by atoms with E-state index in [1.165, 1.54) is 56.8 Å². The molecular formula is C46H65F2N. The Kier molecular flexibility index (Phi) is 28.4. The third kappa shape index (κ3) is 22.7. The van der Waals surface area contributed by atoms with Gasteiger partial charge in [-0.25, -0.2) is 8.78 Å². The zero-order valence-electron chi connectivity index (χ0n) is 32.5. The van der Waals surface area contributed by atoms with Gasteiger partial charge in [0.1, 0.15) is 0 Å². The molecule has 0 unspecified atom stereocenters. The third-order valence-corrected chi connectivity index (χ3v) is 6.60. The predicted molar refractivity (Wildman–Crippen MR) is 220 cm³/mol. The van der Waals surface area contributed by atoms with Gasteiger partial charge in [-0.1, -0.05) is 156 Å². The standard InChI is InChI=1S/C17H20.C10H12F2.C9H10.C4H8.C2H5N.C2H6.C2H4/c1-12(2)15-7-9-16(10-8-15)17-6-5-13(3)14(4)11-17;1-3-8-6-4-5-7-9(8)10(2,11)12;1-3-9-6-4-8(2)5-7-9;1-4(2)3;1-2-3;2*1-2/h5-12H,1-4H3;4-7H,3H2,1-2H3;3-7H,1H2,2H3;1H2,2-3H3;2H,1,3H2;1-2H3;1-2H2. The molecule has 268 valence electrons. The summed E-state index contributed by atoms with van der Waals surface area (Å²) < 4.78 is 25.8. The number of hydrogen-bond acceptors (Lipinski definition) is 1. The molecule has 4 aromatic rings. The first-order chi connectivity index (χ1) is 23.1. The van der Waals surface area contributed by atoms with Crippen LogP contribution >= 0.6 is 0 Å². The molecule has 2 N–H and O–H groups in total. The molecule has 0 saturated heterocycles. The number of hydrogen-bond donors (Lipinski definition) is 1. The third-order valence-electron chi connectivity index (χ3n) is 6.60. The molecule has 0 aliphatic rings. The lowest BCUT2D eigenvalue weighted by molar-refractivity contribution is 0.0166. The van der Waals surface area contributed by atoms with Crippen LogP contribution in [0, 0.1) is 20.8 Å². The van der Waals surface area contributed by atoms with Crippen LogP contribution in [0.2, 0.25) is 0 Å². The normalized spacial score (nSPS) is 9.27. The number of benzene rings is 4. The van der Waals surface area contributed by atoms with Crippen LogP contribution in [0.15, 0.2) is 136 Å². The first-order valence-electron chi connectivity index (χ1n) is 16.9. The lowest BCUT2D eigenvalue weighted by Crippen LogP contribution is -2.09. The van der Waals surface area contributed by atoms with Crippen LogP contribution in [0.4, 0.5) is 8.78 Å². The number of allylic oxidation sites excluding steroid dienone is 1. The highest BCUT2D eigenvalue weighted by Gasteiger charge is 2.26. The monoisotopic (exact) mass is 670 g/mol. The molecular weight excluding hydrogens is 605 g/mol. The smallest absolute Gasteiger partial charge is 0.270 e. The second kappa shape index (κ2) is 28.5. The van der Waals surface area contributed by atoms with Crippen LogP contribution in [-0.2, 0) is 12.3 Å². The van der Waals surface area contributed by atoms with Crippen molar-refractivity contribution in [2.24, 2.45) is 5.73 Å². The number of nitrogens with two attached hydrogens (primary N) is 1. The Labute approximate surface area is 300 Å². The highest BCUT2D eigenvalue weighted by atomic mass is 19.3. The molecule has 0 fully saturated rings. The van der Waals surface area contributed by atoms with E-state index in [0.29, 0.717) is 12.3 Å². The van der Waals surface area contributed by atoms with E-state index >= 15 is 0 Å². The Morgan fingerprint density at radius 2 is 1.22 bits per heavy atom. The van der Waals surface area contributed by atoms with Crippen LogP contribution in [-0.4, -0.2) is 0 Å². The van der Waals surface area contributed by atoms with Crippen molar-refractivity contribution < 1.29 is 8.78 Å². The largest absolute Gasteiger partial charge is 0.405 e. The Balaban J connectivity index is -0.000000582. The molecule has 0 aromatic heterocycles. The predicted octanol–water partition coefficient (Wildman–Crippen LogP) is 14.6. The van der Waals surface area contributed by atoms with E-state index in [9.17, 15) is 8.78 Å². The summed E-state index contributed by atoms with van der Waals surface area (Å²) in [5.41, 5.74) is 15.8. The molecule has 0 aliphatic carbocycles. The van der Waals surface area contributed by atoms with E-state index in [-0.39, 0.29) is 5.56 Å². The van der Waals surface area contributed by atoms with E-state index in [4.69, 9.17) is 0 Å². The minimum Gasteiger partial charge on any atom is -0.405 e. The Morgan fingerprint density at radius 3 is 1.59 bits per heavy atom. The molecule has 0 radical (unpaired) electrons. The van der Waals surface area contributed by atoms with Gasteiger partial charge in [0.25, 0.3) is 5.92 Å². The summed E-state index contributed by atoms with van der Waals surface area (Å²) in [6.07, 6.45) is 3.75. The summed E-state index contributed by atoms with van der Waals surface area (Å²) >= 11 is 0. The second-order valence-electron chi connectivity index (χ2n) is 11.5. The lowest BCUT2D eigenvalue weighted by Gasteiger charge is -2.14. The molecule has 4 aromatic carbocycles. The van der Waals surface area contributed by atoms with Crippen LogP contribution in [0.25, 0.3) is 17.2 Å². The fourth-order valence-electron chi connectivity index (χ4n) is 3.94. The van der Waals surface area contributed by atoms with Crippen LogP contribution < -0.4 is 5.73 Å². The number of alkyl halides is 2. The van der Waals surface area contributed by atoms with E-state index in [2.05, 4.69) is 140 Å². The molecule has 1 nitrogen and oxygen atoms in total. The minimum atomic E-state index is -2.72. The second-order valence-corrected chi connectivity index (χ2v) is 11.5. The molecule has 0 atom stereocenters. The zero-order chi connectivity index (χ0) is 38.6. The summed E-state index contributed by atoms with van der Waals surface area (Å²) in [6.45, 7) is 38.0. The fraction of sp³-hybridized carbons (Fsp3) is 0.304. The van der Waals surface area contributed by atoms with Crippen molar-refractivity contribution in [3.05, 3.63) is 175 Å². The van der Waals surface area contributed by atoms with E-state index < -0.39 is 5.92 Å². The molecule has 0 aliphatic heterocycles. The highest BCUT2D eigenvalue weighted by molar-refractivity contribution is 5.65. The highest BCUT2D eigenvalue weighted by Crippen LogP contribution is 2.29. The van der Waals surface area contributed by atoms with Gasteiger partial charge in [0.2, 0.25) is 0 Å². The van der Waals surface area contributed by atoms with Crippen molar-refractivity contribution in [2.45, 2.75) is 94.4 Å². The Bertz CT molecular complexity index is 1440. The fourth-order valence-corrected chi connectivity index (χ4v) is 3.94. The van der Waals surface area contributed by atoms with Gasteiger partial charge in [0.15, 0.2) is 0 Å². The Morgan fingerprint density at radius 1 is 0.776 bits per heavy atom. The van der Waals surface area contributed by atoms with Gasteiger partial charge in [-0.15, -0.1) is 19.7 Å². The molecule has 0 heterocycles. The maximum Gasteiger partial charge on any atom is 0.270 e. The first kappa shape index (κ1) is 48.9. The average Bonchev–Trinajstić information content (AvgIpc) is 3.08. The molecule has 0 spiro atoms. The number of aryl methyl sites for hydroxylation is 4. The SMILES string of the molecule is C=C.C=C(C)C.C=CN.C=Cc1ccc(C)cc1.CC.CCc1ccccc1C(C)(F)F.Cc1ccc(-c2ccc(C(C)C)cc2)cc1C. The summed E-state index contributed by atoms with van der Waals surface area (Å²) in [4.78, 5) is 0. The summed E-state index contributed by atoms with van der Waals surface area (Å²) in [7, 11) is 0. The average molecular weight is 670 g/mol. The molecule has 49 heavy (non-hydrogen) atoms. The quantitative estimate of drug-likeness (QED) is 0.210. The zero-order valence-corrected chi connectivity index (χ0v) is 32.5. The van der Waals surface area contributed by atoms with Gasteiger partial charge in [-0.3, -0.25) is 0 Å². The Hall–Kier alpha value is -4.50. The summed E-state index contributed by atoms with van der Waals surface area (Å²) in [6, 6.07) is 30.5. The molecule has 0 saturated carbocycles. The summed E-state index contributed by atoms with van der Waals surface area (Å²) in [5.74, 6) is -2.11. The van der Waals surface area contributed by atoms with Gasteiger partial charge >= 0.3 is 0 Å². The van der Waals surface area contributed by atoms with Gasteiger partial charge in [0.05, 0.1) is 0 Å². The van der Waals surface area contributed by atoms with Gasteiger partial charge < -0.3 is 5.73 Å². The minimum absolute atomic E-state index is 0.146. The van der Waals surface area contributed by atoms with Crippen molar-refractivity contribution in [3.63, 3.8) is 0 Å². The van der Waals surface area contributed by atoms with E-state index in [1.54, 1.807) is 18.2 Å². The lowest BCUT2D eigenvalue weighted by atomic mass is 9.97.